The Hall–Kier alpha value is -2.16. The largest absolute Gasteiger partial charge is 0.393 e. The molecule has 0 saturated carbocycles. The van der Waals surface area contributed by atoms with Crippen molar-refractivity contribution in [3.8, 4) is 0 Å². The molecule has 5 unspecified atom stereocenters. The quantitative estimate of drug-likeness (QED) is 0.0564. The number of hydrogen-bond acceptors (Lipinski definition) is 5. The third kappa shape index (κ3) is 20.9. The number of aliphatic hydroxyl groups excluding tert-OH is 1. The van der Waals surface area contributed by atoms with Crippen LogP contribution in [0.25, 0.3) is 0 Å². The summed E-state index contributed by atoms with van der Waals surface area (Å²) in [5, 5.41) is 22.1. The number of hydrogen-bond donors (Lipinski definition) is 5. The normalized spacial score (nSPS) is 15.2. The van der Waals surface area contributed by atoms with Crippen LogP contribution in [0.2, 0.25) is 0 Å². The second-order valence-corrected chi connectivity index (χ2v) is 13.5. The summed E-state index contributed by atoms with van der Waals surface area (Å²) in [6.45, 7) is 14.1. The molecular formula is C37H72N4O5. The van der Waals surface area contributed by atoms with E-state index in [9.17, 15) is 24.3 Å². The van der Waals surface area contributed by atoms with Crippen molar-refractivity contribution in [1.82, 2.24) is 21.3 Å². The van der Waals surface area contributed by atoms with E-state index in [4.69, 9.17) is 0 Å². The highest BCUT2D eigenvalue weighted by atomic mass is 16.3. The SMILES string of the molecule is CCCCCC(C)C(=O)NC(CCCCC)C(=O)NC(CCCCC)C(=O)NC(CCCCC)C(=O)NC(CCCC)C[C@@H](C)O. The van der Waals surface area contributed by atoms with Gasteiger partial charge in [-0.05, 0) is 45.4 Å². The van der Waals surface area contributed by atoms with Crippen LogP contribution in [0.4, 0.5) is 0 Å². The third-order valence-electron chi connectivity index (χ3n) is 8.75. The molecule has 5 N–H and O–H groups in total. The molecule has 6 atom stereocenters. The zero-order valence-corrected chi connectivity index (χ0v) is 30.7. The van der Waals surface area contributed by atoms with E-state index in [2.05, 4.69) is 55.9 Å². The summed E-state index contributed by atoms with van der Waals surface area (Å²) in [6, 6.07) is -2.42. The molecule has 0 heterocycles. The molecule has 270 valence electrons. The van der Waals surface area contributed by atoms with Crippen molar-refractivity contribution in [2.75, 3.05) is 0 Å². The number of amides is 4. The minimum atomic E-state index is -0.804. The minimum absolute atomic E-state index is 0.123. The Labute approximate surface area is 282 Å². The first-order valence-electron chi connectivity index (χ1n) is 18.9. The Morgan fingerprint density at radius 1 is 0.457 bits per heavy atom. The third-order valence-corrected chi connectivity index (χ3v) is 8.75. The molecule has 0 fully saturated rings. The molecular weight excluding hydrogens is 580 g/mol. The lowest BCUT2D eigenvalue weighted by atomic mass is 10.00. The van der Waals surface area contributed by atoms with E-state index in [1.54, 1.807) is 6.92 Å². The fourth-order valence-corrected chi connectivity index (χ4v) is 5.71. The maximum absolute atomic E-state index is 13.8. The van der Waals surface area contributed by atoms with E-state index in [1.165, 1.54) is 0 Å². The van der Waals surface area contributed by atoms with Gasteiger partial charge >= 0.3 is 0 Å². The van der Waals surface area contributed by atoms with Gasteiger partial charge in [-0.1, -0.05) is 131 Å². The van der Waals surface area contributed by atoms with Crippen LogP contribution in [0.3, 0.4) is 0 Å². The van der Waals surface area contributed by atoms with Gasteiger partial charge in [0.2, 0.25) is 23.6 Å². The molecule has 0 aromatic carbocycles. The standard InChI is InChI=1S/C37H72N4O5/c1-8-13-18-22-28(6)34(43)39-32(25-20-15-10-3)36(45)41-33(26-21-16-11-4)37(46)40-31(24-19-14-9-2)35(44)38-30(23-17-12-5)27-29(7)42/h28-33,42H,8-27H2,1-7H3,(H,38,44)(H,39,43)(H,40,46)(H,41,45)/t28?,29-,30?,31?,32?,33?/m1/s1. The van der Waals surface area contributed by atoms with Crippen molar-refractivity contribution < 1.29 is 24.3 Å². The fraction of sp³-hybridized carbons (Fsp3) is 0.892. The van der Waals surface area contributed by atoms with Crippen LogP contribution in [-0.4, -0.2) is 59.0 Å². The van der Waals surface area contributed by atoms with Crippen molar-refractivity contribution in [3.63, 3.8) is 0 Å². The highest BCUT2D eigenvalue weighted by Gasteiger charge is 2.30. The highest BCUT2D eigenvalue weighted by molar-refractivity contribution is 5.94. The first-order valence-corrected chi connectivity index (χ1v) is 18.9. The van der Waals surface area contributed by atoms with Crippen molar-refractivity contribution >= 4 is 23.6 Å². The van der Waals surface area contributed by atoms with Crippen molar-refractivity contribution in [1.29, 1.82) is 0 Å². The lowest BCUT2D eigenvalue weighted by Gasteiger charge is -2.27. The summed E-state index contributed by atoms with van der Waals surface area (Å²) in [7, 11) is 0. The van der Waals surface area contributed by atoms with Gasteiger partial charge in [-0.15, -0.1) is 0 Å². The van der Waals surface area contributed by atoms with Crippen LogP contribution < -0.4 is 21.3 Å². The summed E-state index contributed by atoms with van der Waals surface area (Å²) < 4.78 is 0. The zero-order valence-electron chi connectivity index (χ0n) is 30.7. The Kier molecular flexibility index (Phi) is 26.6. The van der Waals surface area contributed by atoms with Gasteiger partial charge in [-0.3, -0.25) is 19.2 Å². The second-order valence-electron chi connectivity index (χ2n) is 13.5. The van der Waals surface area contributed by atoms with Crippen LogP contribution in [0, 0.1) is 5.92 Å². The average Bonchev–Trinajstić information content (AvgIpc) is 3.01. The van der Waals surface area contributed by atoms with E-state index in [0.717, 1.165) is 103 Å². The molecule has 9 nitrogen and oxygen atoms in total. The Morgan fingerprint density at radius 3 is 1.17 bits per heavy atom. The highest BCUT2D eigenvalue weighted by Crippen LogP contribution is 2.14. The summed E-state index contributed by atoms with van der Waals surface area (Å²) in [5.41, 5.74) is 0. The predicted octanol–water partition coefficient (Wildman–Crippen LogP) is 6.84. The number of carbonyl (C=O) groups excluding carboxylic acids is 4. The molecule has 46 heavy (non-hydrogen) atoms. The molecule has 0 bridgehead atoms. The van der Waals surface area contributed by atoms with Crippen LogP contribution in [0.15, 0.2) is 0 Å². The maximum atomic E-state index is 13.8. The monoisotopic (exact) mass is 653 g/mol. The number of rotatable bonds is 29. The molecule has 0 aromatic heterocycles. The van der Waals surface area contributed by atoms with Crippen LogP contribution in [-0.2, 0) is 19.2 Å². The first-order chi connectivity index (χ1) is 22.0. The number of aliphatic hydroxyl groups is 1. The van der Waals surface area contributed by atoms with Gasteiger partial charge in [0, 0.05) is 12.0 Å². The van der Waals surface area contributed by atoms with E-state index in [0.29, 0.717) is 25.7 Å². The molecule has 0 aliphatic carbocycles. The average molecular weight is 653 g/mol. The number of unbranched alkanes of at least 4 members (excludes halogenated alkanes) is 9. The van der Waals surface area contributed by atoms with Gasteiger partial charge in [0.15, 0.2) is 0 Å². The molecule has 4 amide bonds. The van der Waals surface area contributed by atoms with Gasteiger partial charge in [-0.2, -0.15) is 0 Å². The topological polar surface area (TPSA) is 137 Å². The Bertz CT molecular complexity index is 822. The second kappa shape index (κ2) is 27.9. The van der Waals surface area contributed by atoms with E-state index in [-0.39, 0.29) is 35.6 Å². The van der Waals surface area contributed by atoms with Crippen molar-refractivity contribution in [2.24, 2.45) is 5.92 Å². The van der Waals surface area contributed by atoms with Gasteiger partial charge in [-0.25, -0.2) is 0 Å². The molecule has 0 rings (SSSR count). The summed E-state index contributed by atoms with van der Waals surface area (Å²) in [5.74, 6) is -1.26. The van der Waals surface area contributed by atoms with Gasteiger partial charge in [0.25, 0.3) is 0 Å². The summed E-state index contributed by atoms with van der Waals surface area (Å²) in [4.78, 5) is 54.0. The first kappa shape index (κ1) is 43.8. The molecule has 0 aliphatic heterocycles. The number of nitrogens with one attached hydrogen (secondary N) is 4. The Balaban J connectivity index is 5.88. The fourth-order valence-electron chi connectivity index (χ4n) is 5.71. The van der Waals surface area contributed by atoms with E-state index in [1.807, 2.05) is 6.92 Å². The van der Waals surface area contributed by atoms with Gasteiger partial charge < -0.3 is 26.4 Å². The van der Waals surface area contributed by atoms with Crippen molar-refractivity contribution in [2.45, 2.75) is 207 Å². The lowest BCUT2D eigenvalue weighted by molar-refractivity contribution is -0.134. The van der Waals surface area contributed by atoms with Crippen LogP contribution >= 0.6 is 0 Å². The van der Waals surface area contributed by atoms with E-state index >= 15 is 0 Å². The molecule has 0 radical (unpaired) electrons. The summed E-state index contributed by atoms with van der Waals surface area (Å²) >= 11 is 0. The summed E-state index contributed by atoms with van der Waals surface area (Å²) in [6.07, 6.45) is 16.1. The van der Waals surface area contributed by atoms with Gasteiger partial charge in [0.1, 0.15) is 18.1 Å². The molecule has 0 aliphatic rings. The zero-order chi connectivity index (χ0) is 34.7. The lowest BCUT2D eigenvalue weighted by Crippen LogP contribution is -2.57. The maximum Gasteiger partial charge on any atom is 0.243 e. The van der Waals surface area contributed by atoms with Crippen molar-refractivity contribution in [3.05, 3.63) is 0 Å². The smallest absolute Gasteiger partial charge is 0.243 e. The molecule has 9 heteroatoms. The van der Waals surface area contributed by atoms with E-state index < -0.39 is 24.2 Å². The number of carbonyl (C=O) groups is 4. The minimum Gasteiger partial charge on any atom is -0.393 e. The van der Waals surface area contributed by atoms with Crippen LogP contribution in [0.5, 0.6) is 0 Å². The predicted molar refractivity (Wildman–Crippen MR) is 189 cm³/mol. The molecule has 0 saturated heterocycles. The van der Waals surface area contributed by atoms with Crippen LogP contribution in [0.1, 0.15) is 177 Å². The Morgan fingerprint density at radius 2 is 0.804 bits per heavy atom. The van der Waals surface area contributed by atoms with Gasteiger partial charge in [0.05, 0.1) is 6.10 Å². The molecule has 0 spiro atoms. The molecule has 0 aromatic rings.